The van der Waals surface area contributed by atoms with Gasteiger partial charge in [-0.2, -0.15) is 5.10 Å². The van der Waals surface area contributed by atoms with Crippen molar-refractivity contribution in [2.45, 2.75) is 13.5 Å². The lowest BCUT2D eigenvalue weighted by molar-refractivity contribution is 0.0964. The van der Waals surface area contributed by atoms with Crippen LogP contribution in [0, 0.1) is 0 Å². The lowest BCUT2D eigenvalue weighted by atomic mass is 10.1. The highest BCUT2D eigenvalue weighted by atomic mass is 79.9. The van der Waals surface area contributed by atoms with Crippen LogP contribution in [0.3, 0.4) is 0 Å². The van der Waals surface area contributed by atoms with Gasteiger partial charge in [-0.15, -0.1) is 0 Å². The molecular weight excluding hydrogens is 296 g/mol. The molecule has 0 aliphatic carbocycles. The molecule has 4 nitrogen and oxygen atoms in total. The van der Waals surface area contributed by atoms with E-state index in [-0.39, 0.29) is 18.1 Å². The molecule has 0 aliphatic rings. The van der Waals surface area contributed by atoms with Crippen molar-refractivity contribution >= 4 is 27.5 Å². The quantitative estimate of drug-likeness (QED) is 0.816. The Labute approximate surface area is 113 Å². The van der Waals surface area contributed by atoms with E-state index in [4.69, 9.17) is 0 Å². The number of aromatic nitrogens is 2. The summed E-state index contributed by atoms with van der Waals surface area (Å²) in [6.07, 6.45) is 3.05. The Hall–Kier alpha value is -1.75. The first-order chi connectivity index (χ1) is 8.58. The van der Waals surface area contributed by atoms with Gasteiger partial charge in [0.2, 0.25) is 0 Å². The number of rotatable bonds is 4. The summed E-state index contributed by atoms with van der Waals surface area (Å²) in [5, 5.41) is 3.99. The van der Waals surface area contributed by atoms with E-state index < -0.39 is 0 Å². The summed E-state index contributed by atoms with van der Waals surface area (Å²) >= 11 is 3.33. The fourth-order valence-corrected chi connectivity index (χ4v) is 2.06. The topological polar surface area (TPSA) is 52.0 Å². The summed E-state index contributed by atoms with van der Waals surface area (Å²) in [4.78, 5) is 23.2. The van der Waals surface area contributed by atoms with Crippen molar-refractivity contribution in [1.82, 2.24) is 9.78 Å². The van der Waals surface area contributed by atoms with Gasteiger partial charge in [-0.05, 0) is 13.0 Å². The Kier molecular flexibility index (Phi) is 3.72. The SMILES string of the molecule is CC(=O)c1cnn(CC(=O)c2ccccc2Br)c1. The van der Waals surface area contributed by atoms with Crippen LogP contribution in [0.1, 0.15) is 27.6 Å². The molecule has 0 amide bonds. The molecule has 0 N–H and O–H groups in total. The smallest absolute Gasteiger partial charge is 0.185 e. The molecule has 1 aromatic heterocycles. The molecule has 0 unspecified atom stereocenters. The third-order valence-electron chi connectivity index (χ3n) is 2.52. The lowest BCUT2D eigenvalue weighted by Crippen LogP contribution is -2.11. The lowest BCUT2D eigenvalue weighted by Gasteiger charge is -2.03. The summed E-state index contributed by atoms with van der Waals surface area (Å²) in [5.41, 5.74) is 1.12. The van der Waals surface area contributed by atoms with Crippen LogP contribution in [0.4, 0.5) is 0 Å². The third kappa shape index (κ3) is 2.73. The van der Waals surface area contributed by atoms with Crippen LogP contribution in [0.25, 0.3) is 0 Å². The maximum Gasteiger partial charge on any atom is 0.185 e. The van der Waals surface area contributed by atoms with Gasteiger partial charge in [-0.1, -0.05) is 34.1 Å². The highest BCUT2D eigenvalue weighted by molar-refractivity contribution is 9.10. The van der Waals surface area contributed by atoms with Crippen molar-refractivity contribution < 1.29 is 9.59 Å². The molecule has 5 heteroatoms. The highest BCUT2D eigenvalue weighted by Gasteiger charge is 2.11. The first kappa shape index (κ1) is 12.7. The second kappa shape index (κ2) is 5.27. The molecule has 0 saturated carbocycles. The number of Topliss-reactive ketones (excluding diaryl/α,β-unsaturated/α-hetero) is 2. The third-order valence-corrected chi connectivity index (χ3v) is 3.21. The van der Waals surface area contributed by atoms with Crippen molar-refractivity contribution in [1.29, 1.82) is 0 Å². The number of carbonyl (C=O) groups excluding carboxylic acids is 2. The number of nitrogens with zero attached hydrogens (tertiary/aromatic N) is 2. The van der Waals surface area contributed by atoms with Crippen LogP contribution in [-0.4, -0.2) is 21.3 Å². The number of hydrogen-bond acceptors (Lipinski definition) is 3. The zero-order chi connectivity index (χ0) is 13.1. The van der Waals surface area contributed by atoms with E-state index in [9.17, 15) is 9.59 Å². The van der Waals surface area contributed by atoms with E-state index in [1.54, 1.807) is 12.3 Å². The van der Waals surface area contributed by atoms with E-state index in [0.29, 0.717) is 11.1 Å². The predicted octanol–water partition coefficient (Wildman–Crippen LogP) is 2.73. The molecule has 2 rings (SSSR count). The normalized spacial score (nSPS) is 10.3. The first-order valence-electron chi connectivity index (χ1n) is 5.39. The molecule has 0 spiro atoms. The van der Waals surface area contributed by atoms with Crippen LogP contribution in [0.15, 0.2) is 41.1 Å². The van der Waals surface area contributed by atoms with Gasteiger partial charge in [0.1, 0.15) is 6.54 Å². The van der Waals surface area contributed by atoms with E-state index in [2.05, 4.69) is 21.0 Å². The second-order valence-electron chi connectivity index (χ2n) is 3.89. The molecule has 2 aromatic rings. The molecule has 0 aliphatic heterocycles. The van der Waals surface area contributed by atoms with Crippen LogP contribution >= 0.6 is 15.9 Å². The van der Waals surface area contributed by atoms with Gasteiger partial charge >= 0.3 is 0 Å². The van der Waals surface area contributed by atoms with Crippen LogP contribution < -0.4 is 0 Å². The summed E-state index contributed by atoms with van der Waals surface area (Å²) in [5.74, 6) is -0.115. The van der Waals surface area contributed by atoms with Crippen LogP contribution in [0.2, 0.25) is 0 Å². The molecule has 18 heavy (non-hydrogen) atoms. The average Bonchev–Trinajstić information content (AvgIpc) is 2.78. The molecule has 1 heterocycles. The van der Waals surface area contributed by atoms with E-state index in [0.717, 1.165) is 4.47 Å². The molecule has 1 aromatic carbocycles. The van der Waals surface area contributed by atoms with Crippen LogP contribution in [-0.2, 0) is 6.54 Å². The van der Waals surface area contributed by atoms with Crippen molar-refractivity contribution in [2.75, 3.05) is 0 Å². The van der Waals surface area contributed by atoms with Gasteiger partial charge in [-0.3, -0.25) is 14.3 Å². The average molecular weight is 307 g/mol. The maximum atomic E-state index is 12.0. The minimum atomic E-state index is -0.0606. The molecular formula is C13H11BrN2O2. The number of carbonyl (C=O) groups is 2. The first-order valence-corrected chi connectivity index (χ1v) is 6.18. The number of benzene rings is 1. The molecule has 92 valence electrons. The fourth-order valence-electron chi connectivity index (χ4n) is 1.55. The Morgan fingerprint density at radius 1 is 1.33 bits per heavy atom. The molecule has 0 saturated heterocycles. The Morgan fingerprint density at radius 2 is 2.06 bits per heavy atom. The summed E-state index contributed by atoms with van der Waals surface area (Å²) in [7, 11) is 0. The minimum absolute atomic E-state index is 0.0549. The van der Waals surface area contributed by atoms with Crippen molar-refractivity contribution in [3.8, 4) is 0 Å². The maximum absolute atomic E-state index is 12.0. The Bertz CT molecular complexity index is 605. The van der Waals surface area contributed by atoms with Crippen molar-refractivity contribution in [2.24, 2.45) is 0 Å². The van der Waals surface area contributed by atoms with Gasteiger partial charge in [0.25, 0.3) is 0 Å². The number of hydrogen-bond donors (Lipinski definition) is 0. The number of halogens is 1. The zero-order valence-corrected chi connectivity index (χ0v) is 11.3. The van der Waals surface area contributed by atoms with Gasteiger partial charge in [-0.25, -0.2) is 0 Å². The van der Waals surface area contributed by atoms with E-state index in [1.165, 1.54) is 17.8 Å². The summed E-state index contributed by atoms with van der Waals surface area (Å²) in [6, 6.07) is 7.23. The molecule has 0 radical (unpaired) electrons. The van der Waals surface area contributed by atoms with Crippen molar-refractivity contribution in [3.63, 3.8) is 0 Å². The fraction of sp³-hybridized carbons (Fsp3) is 0.154. The largest absolute Gasteiger partial charge is 0.294 e. The van der Waals surface area contributed by atoms with Gasteiger partial charge in [0.05, 0.1) is 11.8 Å². The van der Waals surface area contributed by atoms with Gasteiger partial charge in [0.15, 0.2) is 11.6 Å². The van der Waals surface area contributed by atoms with E-state index in [1.807, 2.05) is 18.2 Å². The highest BCUT2D eigenvalue weighted by Crippen LogP contribution is 2.17. The Balaban J connectivity index is 2.16. The van der Waals surface area contributed by atoms with E-state index >= 15 is 0 Å². The minimum Gasteiger partial charge on any atom is -0.294 e. The monoisotopic (exact) mass is 306 g/mol. The van der Waals surface area contributed by atoms with Gasteiger partial charge in [0, 0.05) is 16.2 Å². The summed E-state index contributed by atoms with van der Waals surface area (Å²) in [6.45, 7) is 1.59. The van der Waals surface area contributed by atoms with Crippen LogP contribution in [0.5, 0.6) is 0 Å². The van der Waals surface area contributed by atoms with Crippen molar-refractivity contribution in [3.05, 3.63) is 52.3 Å². The second-order valence-corrected chi connectivity index (χ2v) is 4.74. The van der Waals surface area contributed by atoms with Gasteiger partial charge < -0.3 is 0 Å². The standard InChI is InChI=1S/C13H11BrN2O2/c1-9(17)10-6-15-16(7-10)8-13(18)11-4-2-3-5-12(11)14/h2-7H,8H2,1H3. The molecule has 0 fully saturated rings. The molecule has 0 atom stereocenters. The number of ketones is 2. The summed E-state index contributed by atoms with van der Waals surface area (Å²) < 4.78 is 2.23. The zero-order valence-electron chi connectivity index (χ0n) is 9.76. The predicted molar refractivity (Wildman–Crippen MR) is 70.7 cm³/mol. The Morgan fingerprint density at radius 3 is 2.67 bits per heavy atom. The molecule has 0 bridgehead atoms.